The van der Waals surface area contributed by atoms with Crippen molar-refractivity contribution in [3.8, 4) is 5.88 Å². The van der Waals surface area contributed by atoms with Gasteiger partial charge in [-0.3, -0.25) is 4.90 Å². The summed E-state index contributed by atoms with van der Waals surface area (Å²) in [5.41, 5.74) is 0. The highest BCUT2D eigenvalue weighted by Crippen LogP contribution is 2.15. The molecule has 0 unspecified atom stereocenters. The Kier molecular flexibility index (Phi) is 5.38. The van der Waals surface area contributed by atoms with E-state index >= 15 is 0 Å². The van der Waals surface area contributed by atoms with Crippen LogP contribution in [0, 0.1) is 0 Å². The van der Waals surface area contributed by atoms with Crippen molar-refractivity contribution in [1.82, 2.24) is 14.9 Å². The fourth-order valence-electron chi connectivity index (χ4n) is 2.14. The molecule has 2 rings (SSSR count). The summed E-state index contributed by atoms with van der Waals surface area (Å²) >= 11 is 3.40. The minimum absolute atomic E-state index is 0.680. The molecule has 0 bridgehead atoms. The van der Waals surface area contributed by atoms with Crippen LogP contribution in [0.25, 0.3) is 0 Å². The molecule has 0 saturated carbocycles. The first-order valence-corrected chi connectivity index (χ1v) is 7.46. The average molecular weight is 314 g/mol. The predicted octanol–water partition coefficient (Wildman–Crippen LogP) is 2.67. The number of rotatable bonds is 6. The van der Waals surface area contributed by atoms with Crippen LogP contribution in [0.3, 0.4) is 0 Å². The zero-order valence-corrected chi connectivity index (χ0v) is 12.4. The van der Waals surface area contributed by atoms with Crippen LogP contribution >= 0.6 is 15.9 Å². The second-order valence-electron chi connectivity index (χ2n) is 4.59. The molecule has 100 valence electrons. The Hall–Kier alpha value is -0.680. The molecule has 1 aromatic heterocycles. The van der Waals surface area contributed by atoms with E-state index in [1.807, 2.05) is 6.07 Å². The third-order valence-corrected chi connectivity index (χ3v) is 3.45. The molecule has 0 amide bonds. The molecule has 18 heavy (non-hydrogen) atoms. The molecule has 0 spiro atoms. The van der Waals surface area contributed by atoms with Crippen molar-refractivity contribution < 1.29 is 4.74 Å². The summed E-state index contributed by atoms with van der Waals surface area (Å²) in [7, 11) is 0. The third-order valence-electron chi connectivity index (χ3n) is 3.05. The number of ether oxygens (including phenoxy) is 1. The number of hydrogen-bond donors (Lipinski definition) is 0. The van der Waals surface area contributed by atoms with Gasteiger partial charge >= 0.3 is 0 Å². The monoisotopic (exact) mass is 313 g/mol. The maximum atomic E-state index is 5.71. The third kappa shape index (κ3) is 4.21. The topological polar surface area (TPSA) is 38.2 Å². The minimum Gasteiger partial charge on any atom is -0.476 e. The standard InChI is InChI=1S/C13H20BrN3O/c1-2-5-12-15-11(14)10-13(16-12)18-9-8-17-6-3-4-7-17/h10H,2-9H2,1H3. The Morgan fingerprint density at radius 3 is 2.83 bits per heavy atom. The van der Waals surface area contributed by atoms with Crippen molar-refractivity contribution in [2.75, 3.05) is 26.2 Å². The highest BCUT2D eigenvalue weighted by molar-refractivity contribution is 9.10. The smallest absolute Gasteiger partial charge is 0.217 e. The lowest BCUT2D eigenvalue weighted by atomic mass is 10.3. The van der Waals surface area contributed by atoms with Crippen molar-refractivity contribution in [1.29, 1.82) is 0 Å². The van der Waals surface area contributed by atoms with E-state index in [0.717, 1.165) is 29.8 Å². The van der Waals surface area contributed by atoms with Crippen molar-refractivity contribution in [2.24, 2.45) is 0 Å². The van der Waals surface area contributed by atoms with E-state index in [1.54, 1.807) is 0 Å². The van der Waals surface area contributed by atoms with Gasteiger partial charge < -0.3 is 4.74 Å². The lowest BCUT2D eigenvalue weighted by molar-refractivity contribution is 0.231. The molecule has 1 aliphatic rings. The SMILES string of the molecule is CCCc1nc(Br)cc(OCCN2CCCC2)n1. The van der Waals surface area contributed by atoms with Crippen LogP contribution < -0.4 is 4.74 Å². The molecule has 1 saturated heterocycles. The van der Waals surface area contributed by atoms with Gasteiger partial charge in [0.1, 0.15) is 17.0 Å². The van der Waals surface area contributed by atoms with E-state index in [2.05, 4.69) is 37.7 Å². The summed E-state index contributed by atoms with van der Waals surface area (Å²) in [6.07, 6.45) is 4.57. The molecule has 1 fully saturated rings. The van der Waals surface area contributed by atoms with Gasteiger partial charge in [0.15, 0.2) is 0 Å². The summed E-state index contributed by atoms with van der Waals surface area (Å²) in [6.45, 7) is 6.23. The number of hydrogen-bond acceptors (Lipinski definition) is 4. The van der Waals surface area contributed by atoms with E-state index < -0.39 is 0 Å². The van der Waals surface area contributed by atoms with E-state index in [9.17, 15) is 0 Å². The zero-order chi connectivity index (χ0) is 12.8. The van der Waals surface area contributed by atoms with Gasteiger partial charge in [0.25, 0.3) is 0 Å². The predicted molar refractivity (Wildman–Crippen MR) is 74.9 cm³/mol. The van der Waals surface area contributed by atoms with Crippen molar-refractivity contribution in [3.63, 3.8) is 0 Å². The quantitative estimate of drug-likeness (QED) is 0.757. The molecular formula is C13H20BrN3O. The lowest BCUT2D eigenvalue weighted by Crippen LogP contribution is -2.25. The Bertz CT molecular complexity index is 380. The number of nitrogens with zero attached hydrogens (tertiary/aromatic N) is 3. The van der Waals surface area contributed by atoms with Gasteiger partial charge in [0.05, 0.1) is 0 Å². The summed E-state index contributed by atoms with van der Waals surface area (Å²) < 4.78 is 6.52. The number of aromatic nitrogens is 2. The number of aryl methyl sites for hydroxylation is 1. The molecule has 0 atom stereocenters. The fourth-order valence-corrected chi connectivity index (χ4v) is 2.54. The van der Waals surface area contributed by atoms with E-state index in [0.29, 0.717) is 12.5 Å². The first-order valence-electron chi connectivity index (χ1n) is 6.66. The van der Waals surface area contributed by atoms with Crippen LogP contribution in [-0.2, 0) is 6.42 Å². The van der Waals surface area contributed by atoms with Gasteiger partial charge in [-0.25, -0.2) is 4.98 Å². The Morgan fingerprint density at radius 2 is 2.11 bits per heavy atom. The van der Waals surface area contributed by atoms with E-state index in [4.69, 9.17) is 4.74 Å². The largest absolute Gasteiger partial charge is 0.476 e. The van der Waals surface area contributed by atoms with Crippen LogP contribution in [0.2, 0.25) is 0 Å². The van der Waals surface area contributed by atoms with E-state index in [-0.39, 0.29) is 0 Å². The molecule has 1 aliphatic heterocycles. The van der Waals surface area contributed by atoms with Crippen LogP contribution in [0.5, 0.6) is 5.88 Å². The number of likely N-dealkylation sites (tertiary alicyclic amines) is 1. The van der Waals surface area contributed by atoms with Crippen LogP contribution in [0.15, 0.2) is 10.7 Å². The van der Waals surface area contributed by atoms with Gasteiger partial charge in [-0.2, -0.15) is 4.98 Å². The van der Waals surface area contributed by atoms with Crippen LogP contribution in [0.1, 0.15) is 32.0 Å². The molecule has 0 radical (unpaired) electrons. The maximum absolute atomic E-state index is 5.71. The van der Waals surface area contributed by atoms with Crippen molar-refractivity contribution in [2.45, 2.75) is 32.6 Å². The Labute approximate surface area is 117 Å². The highest BCUT2D eigenvalue weighted by Gasteiger charge is 2.11. The summed E-state index contributed by atoms with van der Waals surface area (Å²) in [4.78, 5) is 11.2. The second kappa shape index (κ2) is 7.04. The van der Waals surface area contributed by atoms with Gasteiger partial charge in [0, 0.05) is 19.0 Å². The van der Waals surface area contributed by atoms with Crippen LogP contribution in [-0.4, -0.2) is 41.1 Å². The summed E-state index contributed by atoms with van der Waals surface area (Å²) in [5.74, 6) is 1.53. The molecular weight excluding hydrogens is 294 g/mol. The van der Waals surface area contributed by atoms with Crippen molar-refractivity contribution in [3.05, 3.63) is 16.5 Å². The molecule has 0 aliphatic carbocycles. The normalized spacial score (nSPS) is 16.1. The maximum Gasteiger partial charge on any atom is 0.217 e. The average Bonchev–Trinajstić information content (AvgIpc) is 2.82. The Morgan fingerprint density at radius 1 is 1.33 bits per heavy atom. The summed E-state index contributed by atoms with van der Waals surface area (Å²) in [6, 6.07) is 1.84. The second-order valence-corrected chi connectivity index (χ2v) is 5.40. The van der Waals surface area contributed by atoms with Gasteiger partial charge in [-0.05, 0) is 48.3 Å². The van der Waals surface area contributed by atoms with Gasteiger partial charge in [-0.15, -0.1) is 0 Å². The lowest BCUT2D eigenvalue weighted by Gasteiger charge is -2.14. The van der Waals surface area contributed by atoms with Gasteiger partial charge in [-0.1, -0.05) is 6.92 Å². The molecule has 5 heteroatoms. The van der Waals surface area contributed by atoms with Gasteiger partial charge in [0.2, 0.25) is 5.88 Å². The molecule has 4 nitrogen and oxygen atoms in total. The van der Waals surface area contributed by atoms with Crippen molar-refractivity contribution >= 4 is 15.9 Å². The molecule has 2 heterocycles. The fraction of sp³-hybridized carbons (Fsp3) is 0.692. The molecule has 0 aromatic carbocycles. The first kappa shape index (κ1) is 13.7. The zero-order valence-electron chi connectivity index (χ0n) is 10.9. The minimum atomic E-state index is 0.680. The number of halogens is 1. The van der Waals surface area contributed by atoms with E-state index in [1.165, 1.54) is 25.9 Å². The summed E-state index contributed by atoms with van der Waals surface area (Å²) in [5, 5.41) is 0. The van der Waals surface area contributed by atoms with Crippen LogP contribution in [0.4, 0.5) is 0 Å². The first-order chi connectivity index (χ1) is 8.78. The molecule has 1 aromatic rings. The highest BCUT2D eigenvalue weighted by atomic mass is 79.9. The molecule has 0 N–H and O–H groups in total. The Balaban J connectivity index is 1.83.